The Hall–Kier alpha value is -3.61. The molecule has 1 aromatic carbocycles. The van der Waals surface area contributed by atoms with Crippen LogP contribution in [0.1, 0.15) is 68.0 Å². The van der Waals surface area contributed by atoms with E-state index >= 15 is 0 Å². The first-order valence-corrected chi connectivity index (χ1v) is 11.7. The van der Waals surface area contributed by atoms with Gasteiger partial charge < -0.3 is 9.88 Å². The van der Waals surface area contributed by atoms with Crippen molar-refractivity contribution in [3.05, 3.63) is 66.4 Å². The summed E-state index contributed by atoms with van der Waals surface area (Å²) in [6, 6.07) is 11.8. The maximum Gasteiger partial charge on any atom is 0.274 e. The van der Waals surface area contributed by atoms with Crippen LogP contribution in [0.25, 0.3) is 17.0 Å². The Morgan fingerprint density at radius 1 is 1.18 bits per heavy atom. The second-order valence-electron chi connectivity index (χ2n) is 8.83. The van der Waals surface area contributed by atoms with Crippen LogP contribution in [0.3, 0.4) is 0 Å². The van der Waals surface area contributed by atoms with Gasteiger partial charge in [0.15, 0.2) is 5.82 Å². The van der Waals surface area contributed by atoms with Crippen LogP contribution in [0.15, 0.2) is 60.1 Å². The Kier molecular flexibility index (Phi) is 5.86. The van der Waals surface area contributed by atoms with Gasteiger partial charge in [-0.1, -0.05) is 19.1 Å². The number of carbonyl (C=O) groups is 1. The summed E-state index contributed by atoms with van der Waals surface area (Å²) in [5, 5.41) is 11.3. The van der Waals surface area contributed by atoms with Gasteiger partial charge in [-0.3, -0.25) is 14.8 Å². The number of nitrogens with zero attached hydrogens (tertiary/aromatic N) is 5. The summed E-state index contributed by atoms with van der Waals surface area (Å²) in [6.07, 6.45) is 10.9. The summed E-state index contributed by atoms with van der Waals surface area (Å²) in [5.74, 6) is 1.25. The highest BCUT2D eigenvalue weighted by Gasteiger charge is 2.28. The van der Waals surface area contributed by atoms with Crippen LogP contribution in [0.2, 0.25) is 0 Å². The molecule has 1 aliphatic heterocycles. The van der Waals surface area contributed by atoms with Gasteiger partial charge in [0.1, 0.15) is 12.0 Å². The molecule has 33 heavy (non-hydrogen) atoms. The fraction of sp³-hybridized carbons (Fsp3) is 0.346. The topological polar surface area (TPSA) is 85.1 Å². The number of allylic oxidation sites excluding steroid dienone is 1. The summed E-state index contributed by atoms with van der Waals surface area (Å²) in [4.78, 5) is 21.9. The van der Waals surface area contributed by atoms with Crippen LogP contribution in [0.5, 0.6) is 0 Å². The molecule has 7 heteroatoms. The van der Waals surface area contributed by atoms with E-state index in [1.165, 1.54) is 18.6 Å². The lowest BCUT2D eigenvalue weighted by molar-refractivity contribution is 0.102. The minimum atomic E-state index is -0.240. The molecule has 0 unspecified atom stereocenters. The zero-order valence-corrected chi connectivity index (χ0v) is 19.0. The molecule has 1 atom stereocenters. The van der Waals surface area contributed by atoms with E-state index in [0.717, 1.165) is 41.8 Å². The van der Waals surface area contributed by atoms with E-state index < -0.39 is 0 Å². The lowest BCUT2D eigenvalue weighted by Crippen LogP contribution is -2.14. The van der Waals surface area contributed by atoms with Gasteiger partial charge in [-0.05, 0) is 80.3 Å². The predicted octanol–water partition coefficient (Wildman–Crippen LogP) is 5.55. The Balaban J connectivity index is 1.33. The highest BCUT2D eigenvalue weighted by molar-refractivity contribution is 6.03. The molecule has 7 nitrogen and oxygen atoms in total. The molecule has 1 saturated carbocycles. The smallest absolute Gasteiger partial charge is 0.274 e. The van der Waals surface area contributed by atoms with Crippen molar-refractivity contribution in [2.75, 3.05) is 5.32 Å². The predicted molar refractivity (Wildman–Crippen MR) is 130 cm³/mol. The maximum atomic E-state index is 13.0. The van der Waals surface area contributed by atoms with Crippen LogP contribution in [0, 0.1) is 5.92 Å². The summed E-state index contributed by atoms with van der Waals surface area (Å²) in [7, 11) is 0. The first-order valence-electron chi connectivity index (χ1n) is 11.7. The average molecular weight is 441 g/mol. The number of aliphatic imine (C=N–C) groups is 1. The third-order valence-corrected chi connectivity index (χ3v) is 6.47. The third kappa shape index (κ3) is 4.62. The number of hydrogen-bond acceptors (Lipinski definition) is 5. The van der Waals surface area contributed by atoms with E-state index in [1.807, 2.05) is 42.6 Å². The molecule has 0 spiro atoms. The average Bonchev–Trinajstić information content (AvgIpc) is 3.60. The number of benzene rings is 1. The Bertz CT molecular complexity index is 1240. The number of carbonyl (C=O) groups excluding carboxylic acids is 1. The Morgan fingerprint density at radius 2 is 2.06 bits per heavy atom. The van der Waals surface area contributed by atoms with Crippen molar-refractivity contribution in [2.24, 2.45) is 10.9 Å². The number of amides is 1. The molecule has 1 amide bonds. The quantitative estimate of drug-likeness (QED) is 0.522. The molecule has 2 aliphatic rings. The maximum absolute atomic E-state index is 13.0. The Morgan fingerprint density at radius 3 is 2.82 bits per heavy atom. The van der Waals surface area contributed by atoms with E-state index in [9.17, 15) is 4.79 Å². The van der Waals surface area contributed by atoms with Gasteiger partial charge >= 0.3 is 0 Å². The van der Waals surface area contributed by atoms with Gasteiger partial charge in [0.2, 0.25) is 0 Å². The van der Waals surface area contributed by atoms with Crippen molar-refractivity contribution < 1.29 is 4.79 Å². The van der Waals surface area contributed by atoms with Crippen LogP contribution < -0.4 is 5.32 Å². The van der Waals surface area contributed by atoms with Crippen molar-refractivity contribution in [2.45, 2.75) is 52.0 Å². The van der Waals surface area contributed by atoms with Crippen molar-refractivity contribution in [3.8, 4) is 11.4 Å². The molecule has 5 rings (SSSR count). The van der Waals surface area contributed by atoms with Crippen LogP contribution in [0.4, 0.5) is 5.69 Å². The summed E-state index contributed by atoms with van der Waals surface area (Å²) in [6.45, 7) is 4.27. The van der Waals surface area contributed by atoms with Crippen molar-refractivity contribution in [3.63, 3.8) is 0 Å². The molecular weight excluding hydrogens is 412 g/mol. The first kappa shape index (κ1) is 21.2. The van der Waals surface area contributed by atoms with E-state index in [4.69, 9.17) is 0 Å². The van der Waals surface area contributed by atoms with Crippen LogP contribution in [-0.4, -0.2) is 31.4 Å². The molecule has 0 saturated heterocycles. The largest absolute Gasteiger partial charge is 0.321 e. The van der Waals surface area contributed by atoms with E-state index in [0.29, 0.717) is 23.3 Å². The van der Waals surface area contributed by atoms with E-state index in [-0.39, 0.29) is 5.91 Å². The van der Waals surface area contributed by atoms with Crippen molar-refractivity contribution in [1.82, 2.24) is 19.7 Å². The molecule has 1 N–H and O–H groups in total. The summed E-state index contributed by atoms with van der Waals surface area (Å²) < 4.78 is 2.06. The molecule has 1 fully saturated rings. The molecule has 3 heterocycles. The molecule has 0 bridgehead atoms. The zero-order valence-electron chi connectivity index (χ0n) is 19.0. The van der Waals surface area contributed by atoms with E-state index in [2.05, 4.69) is 43.9 Å². The lowest BCUT2D eigenvalue weighted by Gasteiger charge is -2.14. The zero-order chi connectivity index (χ0) is 22.8. The number of anilines is 1. The molecule has 1 aliphatic carbocycles. The van der Waals surface area contributed by atoms with Gasteiger partial charge in [-0.25, -0.2) is 0 Å². The lowest BCUT2D eigenvalue weighted by atomic mass is 9.97. The third-order valence-electron chi connectivity index (χ3n) is 6.47. The molecule has 2 aromatic heterocycles. The number of hydrogen-bond donors (Lipinski definition) is 1. The van der Waals surface area contributed by atoms with Crippen molar-refractivity contribution >= 4 is 22.9 Å². The number of aromatic nitrogens is 4. The van der Waals surface area contributed by atoms with Gasteiger partial charge in [0, 0.05) is 35.4 Å². The normalized spacial score (nSPS) is 16.7. The van der Waals surface area contributed by atoms with E-state index in [1.54, 1.807) is 12.5 Å². The fourth-order valence-electron chi connectivity index (χ4n) is 4.15. The van der Waals surface area contributed by atoms with Gasteiger partial charge in [-0.15, -0.1) is 10.2 Å². The number of pyridine rings is 1. The minimum absolute atomic E-state index is 0.240. The highest BCUT2D eigenvalue weighted by atomic mass is 16.1. The molecule has 168 valence electrons. The first-order chi connectivity index (χ1) is 16.1. The highest BCUT2D eigenvalue weighted by Crippen LogP contribution is 2.36. The molecule has 0 radical (unpaired) electrons. The second kappa shape index (κ2) is 9.10. The van der Waals surface area contributed by atoms with Gasteiger partial charge in [-0.2, -0.15) is 0 Å². The van der Waals surface area contributed by atoms with Gasteiger partial charge in [0.05, 0.1) is 0 Å². The minimum Gasteiger partial charge on any atom is -0.321 e. The monoisotopic (exact) mass is 440 g/mol. The number of nitrogens with one attached hydrogen (secondary N) is 1. The SMILES string of the molecule is CC[C@H](C)n1cnnc1-c1cccc(NC(=O)c2cc(C3=CN=C(C4CC4)CC3)ccn2)c1. The second-order valence-corrected chi connectivity index (χ2v) is 8.83. The van der Waals surface area contributed by atoms with Crippen molar-refractivity contribution in [1.29, 1.82) is 0 Å². The summed E-state index contributed by atoms with van der Waals surface area (Å²) >= 11 is 0. The molecule has 3 aromatic rings. The van der Waals surface area contributed by atoms with Gasteiger partial charge in [0.25, 0.3) is 5.91 Å². The summed E-state index contributed by atoms with van der Waals surface area (Å²) in [5.41, 5.74) is 5.47. The number of rotatable bonds is 7. The molecular formula is C26H28N6O. The Labute approximate surface area is 193 Å². The van der Waals surface area contributed by atoms with Crippen LogP contribution >= 0.6 is 0 Å². The van der Waals surface area contributed by atoms with Crippen LogP contribution in [-0.2, 0) is 0 Å². The fourth-order valence-corrected chi connectivity index (χ4v) is 4.15. The standard InChI is InChI=1S/C26H28N6O/c1-3-17(2)32-16-29-31-25(32)20-5-4-6-22(13-20)30-26(33)24-14-19(11-12-27-24)21-9-10-23(28-15-21)18-7-8-18/h4-6,11-18H,3,7-10H2,1-2H3,(H,30,33)/t17-/m0/s1.